The Morgan fingerprint density at radius 2 is 2.06 bits per heavy atom. The predicted octanol–water partition coefficient (Wildman–Crippen LogP) is 3.41. The lowest BCUT2D eigenvalue weighted by molar-refractivity contribution is -0.133. The summed E-state index contributed by atoms with van der Waals surface area (Å²) in [7, 11) is 0. The van der Waals surface area contributed by atoms with Crippen LogP contribution >= 0.6 is 11.6 Å². The molecule has 2 N–H and O–H groups in total. The van der Waals surface area contributed by atoms with Crippen molar-refractivity contribution >= 4 is 35.0 Å². The molecule has 1 saturated carbocycles. The van der Waals surface area contributed by atoms with Crippen molar-refractivity contribution in [2.75, 3.05) is 18.5 Å². The van der Waals surface area contributed by atoms with Crippen molar-refractivity contribution in [2.24, 2.45) is 0 Å². The van der Waals surface area contributed by atoms with Crippen LogP contribution in [0, 0.1) is 6.92 Å². The summed E-state index contributed by atoms with van der Waals surface area (Å²) in [5.41, 5.74) is 0.432. The molecule has 1 aromatic heterocycles. The SMILES string of the molecule is Cc1c(Cl)cccc1NC(=O)c1ncn2c1C(=O)N(C1CC1)[C@](C)(C(=O)NCCCOC(C)C)C2. The van der Waals surface area contributed by atoms with E-state index in [1.54, 1.807) is 41.5 Å². The Morgan fingerprint density at radius 1 is 1.31 bits per heavy atom. The van der Waals surface area contributed by atoms with Crippen LogP contribution in [0.4, 0.5) is 5.69 Å². The lowest BCUT2D eigenvalue weighted by Crippen LogP contribution is -2.64. The number of nitrogens with zero attached hydrogens (tertiary/aromatic N) is 3. The van der Waals surface area contributed by atoms with Gasteiger partial charge < -0.3 is 24.8 Å². The molecule has 3 amide bonds. The number of halogens is 1. The maximum absolute atomic E-state index is 13.7. The molecule has 2 heterocycles. The van der Waals surface area contributed by atoms with Crippen molar-refractivity contribution in [3.63, 3.8) is 0 Å². The van der Waals surface area contributed by atoms with Gasteiger partial charge >= 0.3 is 0 Å². The third-order valence-corrected chi connectivity index (χ3v) is 6.87. The molecule has 2 aliphatic rings. The largest absolute Gasteiger partial charge is 0.379 e. The van der Waals surface area contributed by atoms with Gasteiger partial charge in [0.05, 0.1) is 19.0 Å². The summed E-state index contributed by atoms with van der Waals surface area (Å²) in [6.45, 7) is 8.74. The molecular formula is C25H32ClN5O4. The minimum absolute atomic E-state index is 0.0303. The number of imidazole rings is 1. The first kappa shape index (κ1) is 25.2. The van der Waals surface area contributed by atoms with Crippen molar-refractivity contribution in [3.8, 4) is 0 Å². The summed E-state index contributed by atoms with van der Waals surface area (Å²) in [4.78, 5) is 46.0. The van der Waals surface area contributed by atoms with Crippen LogP contribution in [0.2, 0.25) is 5.02 Å². The van der Waals surface area contributed by atoms with Crippen molar-refractivity contribution in [2.45, 2.75) is 71.2 Å². The minimum atomic E-state index is -1.08. The molecular weight excluding hydrogens is 470 g/mol. The summed E-state index contributed by atoms with van der Waals surface area (Å²) >= 11 is 6.17. The van der Waals surface area contributed by atoms with Crippen molar-refractivity contribution in [3.05, 3.63) is 46.5 Å². The van der Waals surface area contributed by atoms with Gasteiger partial charge in [-0.2, -0.15) is 0 Å². The van der Waals surface area contributed by atoms with E-state index in [4.69, 9.17) is 16.3 Å². The Bertz CT molecular complexity index is 1140. The highest BCUT2D eigenvalue weighted by molar-refractivity contribution is 6.31. The maximum atomic E-state index is 13.7. The predicted molar refractivity (Wildman–Crippen MR) is 133 cm³/mol. The van der Waals surface area contributed by atoms with Gasteiger partial charge in [0.25, 0.3) is 11.8 Å². The molecule has 0 spiro atoms. The number of nitrogens with one attached hydrogen (secondary N) is 2. The van der Waals surface area contributed by atoms with Crippen LogP contribution in [0.1, 0.15) is 66.6 Å². The number of carbonyl (C=O) groups is 3. The smallest absolute Gasteiger partial charge is 0.276 e. The molecule has 1 aromatic carbocycles. The molecule has 1 fully saturated rings. The van der Waals surface area contributed by atoms with E-state index in [2.05, 4.69) is 15.6 Å². The normalized spacial score (nSPS) is 19.6. The molecule has 0 radical (unpaired) electrons. The van der Waals surface area contributed by atoms with Gasteiger partial charge in [-0.25, -0.2) is 4.98 Å². The van der Waals surface area contributed by atoms with E-state index in [-0.39, 0.29) is 41.9 Å². The fourth-order valence-electron chi connectivity index (χ4n) is 4.43. The number of benzene rings is 1. The Labute approximate surface area is 210 Å². The van der Waals surface area contributed by atoms with Crippen LogP contribution in [-0.2, 0) is 16.1 Å². The standard InChI is InChI=1S/C25H32ClN5O4/c1-15(2)35-12-6-11-27-24(34)25(4)13-30-14-28-20(21(30)23(33)31(25)17-9-10-17)22(32)29-19-8-5-7-18(26)16(19)3/h5,7-8,14-15,17H,6,9-13H2,1-4H3,(H,27,34)(H,29,32)/t25-/m0/s1. The molecule has 188 valence electrons. The molecule has 0 saturated heterocycles. The first-order chi connectivity index (χ1) is 16.6. The van der Waals surface area contributed by atoms with Crippen molar-refractivity contribution in [1.29, 1.82) is 0 Å². The molecule has 35 heavy (non-hydrogen) atoms. The van der Waals surface area contributed by atoms with E-state index in [9.17, 15) is 14.4 Å². The quantitative estimate of drug-likeness (QED) is 0.512. The van der Waals surface area contributed by atoms with Crippen LogP contribution < -0.4 is 10.6 Å². The van der Waals surface area contributed by atoms with Gasteiger partial charge in [0.2, 0.25) is 5.91 Å². The van der Waals surface area contributed by atoms with Gasteiger partial charge in [-0.1, -0.05) is 17.7 Å². The average Bonchev–Trinajstić information content (AvgIpc) is 3.54. The molecule has 2 aromatic rings. The van der Waals surface area contributed by atoms with Crippen LogP contribution in [0.3, 0.4) is 0 Å². The molecule has 9 nitrogen and oxygen atoms in total. The number of carbonyl (C=O) groups excluding carboxylic acids is 3. The van der Waals surface area contributed by atoms with E-state index >= 15 is 0 Å². The first-order valence-electron chi connectivity index (χ1n) is 12.0. The monoisotopic (exact) mass is 501 g/mol. The summed E-state index contributed by atoms with van der Waals surface area (Å²) in [5.74, 6) is -1.07. The average molecular weight is 502 g/mol. The number of rotatable bonds is 9. The number of hydrogen-bond donors (Lipinski definition) is 2. The van der Waals surface area contributed by atoms with E-state index in [0.717, 1.165) is 18.4 Å². The summed E-state index contributed by atoms with van der Waals surface area (Å²) in [6, 6.07) is 5.20. The van der Waals surface area contributed by atoms with Gasteiger partial charge in [0.15, 0.2) is 5.69 Å². The number of aromatic nitrogens is 2. The molecule has 1 atom stereocenters. The highest BCUT2D eigenvalue weighted by Crippen LogP contribution is 2.39. The molecule has 4 rings (SSSR count). The van der Waals surface area contributed by atoms with E-state index in [1.807, 2.05) is 13.8 Å². The summed E-state index contributed by atoms with van der Waals surface area (Å²) in [5, 5.41) is 6.31. The second-order valence-electron chi connectivity index (χ2n) is 9.65. The Kier molecular flexibility index (Phi) is 7.19. The molecule has 0 unspecified atom stereocenters. The van der Waals surface area contributed by atoms with Crippen LogP contribution in [0.15, 0.2) is 24.5 Å². The van der Waals surface area contributed by atoms with Gasteiger partial charge in [0, 0.05) is 29.9 Å². The van der Waals surface area contributed by atoms with E-state index in [0.29, 0.717) is 30.3 Å². The number of amides is 3. The summed E-state index contributed by atoms with van der Waals surface area (Å²) < 4.78 is 7.15. The van der Waals surface area contributed by atoms with Crippen LogP contribution in [-0.4, -0.2) is 63.0 Å². The number of fused-ring (bicyclic) bond motifs is 1. The van der Waals surface area contributed by atoms with Gasteiger partial charge in [-0.3, -0.25) is 14.4 Å². The zero-order chi connectivity index (χ0) is 25.3. The topological polar surface area (TPSA) is 106 Å². The van der Waals surface area contributed by atoms with Crippen molar-refractivity contribution in [1.82, 2.24) is 19.8 Å². The molecule has 0 bridgehead atoms. The van der Waals surface area contributed by atoms with Crippen LogP contribution in [0.25, 0.3) is 0 Å². The van der Waals surface area contributed by atoms with E-state index < -0.39 is 11.4 Å². The molecule has 10 heteroatoms. The second-order valence-corrected chi connectivity index (χ2v) is 10.1. The zero-order valence-corrected chi connectivity index (χ0v) is 21.3. The lowest BCUT2D eigenvalue weighted by Gasteiger charge is -2.44. The van der Waals surface area contributed by atoms with Crippen LogP contribution in [0.5, 0.6) is 0 Å². The highest BCUT2D eigenvalue weighted by Gasteiger charge is 2.53. The highest BCUT2D eigenvalue weighted by atomic mass is 35.5. The van der Waals surface area contributed by atoms with Gasteiger partial charge in [-0.15, -0.1) is 0 Å². The zero-order valence-electron chi connectivity index (χ0n) is 20.6. The number of hydrogen-bond acceptors (Lipinski definition) is 5. The minimum Gasteiger partial charge on any atom is -0.379 e. The fraction of sp³-hybridized carbons (Fsp3) is 0.520. The van der Waals surface area contributed by atoms with Gasteiger partial charge in [-0.05, 0) is 64.7 Å². The Hall–Kier alpha value is -2.91. The fourth-order valence-corrected chi connectivity index (χ4v) is 4.60. The maximum Gasteiger partial charge on any atom is 0.276 e. The Balaban J connectivity index is 1.54. The third kappa shape index (κ3) is 5.06. The number of ether oxygens (including phenoxy) is 1. The second kappa shape index (κ2) is 9.99. The number of anilines is 1. The van der Waals surface area contributed by atoms with Gasteiger partial charge in [0.1, 0.15) is 11.2 Å². The third-order valence-electron chi connectivity index (χ3n) is 6.46. The summed E-state index contributed by atoms with van der Waals surface area (Å²) in [6.07, 6.45) is 3.93. The first-order valence-corrected chi connectivity index (χ1v) is 12.4. The molecule has 1 aliphatic carbocycles. The molecule has 1 aliphatic heterocycles. The lowest BCUT2D eigenvalue weighted by atomic mass is 9.94. The van der Waals surface area contributed by atoms with Crippen molar-refractivity contribution < 1.29 is 19.1 Å². The van der Waals surface area contributed by atoms with E-state index in [1.165, 1.54) is 6.33 Å². The Morgan fingerprint density at radius 3 is 2.74 bits per heavy atom.